The van der Waals surface area contributed by atoms with E-state index in [2.05, 4.69) is 10.1 Å². The molecule has 2 rings (SSSR count). The van der Waals surface area contributed by atoms with Crippen LogP contribution < -0.4 is 5.32 Å². The van der Waals surface area contributed by atoms with Crippen LogP contribution in [-0.2, 0) is 14.3 Å². The molecule has 1 heterocycles. The Hall–Kier alpha value is -1.89. The number of rotatable bonds is 8. The summed E-state index contributed by atoms with van der Waals surface area (Å²) in [5, 5.41) is 3.33. The molecule has 1 unspecified atom stereocenters. The highest BCUT2D eigenvalue weighted by Crippen LogP contribution is 2.23. The number of ketones is 1. The van der Waals surface area contributed by atoms with Gasteiger partial charge in [0, 0.05) is 17.9 Å². The molecule has 1 atom stereocenters. The van der Waals surface area contributed by atoms with Gasteiger partial charge >= 0.3 is 5.97 Å². The smallest absolute Gasteiger partial charge is 0.307 e. The number of esters is 1. The first kappa shape index (κ1) is 20.4. The summed E-state index contributed by atoms with van der Waals surface area (Å²) in [5.74, 6) is -0.924. The summed E-state index contributed by atoms with van der Waals surface area (Å²) in [6.07, 6.45) is 0.0617. The molecule has 1 N–H and O–H groups in total. The van der Waals surface area contributed by atoms with Crippen LogP contribution in [-0.4, -0.2) is 24.8 Å². The average Bonchev–Trinajstić information content (AvgIpc) is 3.06. The van der Waals surface area contributed by atoms with Crippen molar-refractivity contribution in [2.75, 3.05) is 7.11 Å². The van der Waals surface area contributed by atoms with Crippen LogP contribution in [0.4, 0.5) is 0 Å². The second-order valence-electron chi connectivity index (χ2n) is 5.48. The summed E-state index contributed by atoms with van der Waals surface area (Å²) in [5.41, 5.74) is 0.726. The quantitative estimate of drug-likeness (QED) is 0.512. The molecule has 0 fully saturated rings. The predicted molar refractivity (Wildman–Crippen MR) is 102 cm³/mol. The van der Waals surface area contributed by atoms with E-state index in [0.29, 0.717) is 14.2 Å². The van der Waals surface area contributed by atoms with Gasteiger partial charge in [0.25, 0.3) is 0 Å². The normalized spacial score (nSPS) is 11.7. The van der Waals surface area contributed by atoms with E-state index in [0.717, 1.165) is 5.56 Å². The Morgan fingerprint density at radius 1 is 1.08 bits per heavy atom. The van der Waals surface area contributed by atoms with Gasteiger partial charge in [-0.1, -0.05) is 35.3 Å². The summed E-state index contributed by atoms with van der Waals surface area (Å²) in [7, 11) is 1.29. The van der Waals surface area contributed by atoms with Crippen molar-refractivity contribution < 1.29 is 19.1 Å². The van der Waals surface area contributed by atoms with Crippen LogP contribution in [0.25, 0.3) is 0 Å². The van der Waals surface area contributed by atoms with E-state index >= 15 is 0 Å². The number of carbonyl (C=O) groups is 3. The lowest BCUT2D eigenvalue weighted by molar-refractivity contribution is -0.141. The number of amides is 1. The van der Waals surface area contributed by atoms with E-state index in [9.17, 15) is 14.4 Å². The molecular formula is C18H17Cl2NO4S. The van der Waals surface area contributed by atoms with E-state index in [4.69, 9.17) is 23.2 Å². The molecule has 0 bridgehead atoms. The topological polar surface area (TPSA) is 72.5 Å². The maximum atomic E-state index is 12.2. The monoisotopic (exact) mass is 413 g/mol. The average molecular weight is 414 g/mol. The van der Waals surface area contributed by atoms with E-state index in [1.165, 1.54) is 18.4 Å². The number of benzene rings is 1. The number of methoxy groups -OCH3 is 1. The largest absolute Gasteiger partial charge is 0.469 e. The van der Waals surface area contributed by atoms with Crippen LogP contribution in [0, 0.1) is 0 Å². The molecule has 0 aliphatic heterocycles. The Kier molecular flexibility index (Phi) is 7.63. The van der Waals surface area contributed by atoms with Gasteiger partial charge in [0.1, 0.15) is 0 Å². The van der Waals surface area contributed by atoms with Gasteiger partial charge in [-0.15, -0.1) is 11.3 Å². The fourth-order valence-corrected chi connectivity index (χ4v) is 3.41. The van der Waals surface area contributed by atoms with Gasteiger partial charge in [-0.2, -0.15) is 0 Å². The number of carbonyl (C=O) groups excluding carboxylic acids is 3. The minimum atomic E-state index is -0.557. The number of nitrogens with one attached hydrogen (secondary N) is 1. The van der Waals surface area contributed by atoms with E-state index in [-0.39, 0.29) is 31.0 Å². The predicted octanol–water partition coefficient (Wildman–Crippen LogP) is 4.44. The maximum absolute atomic E-state index is 12.2. The second kappa shape index (κ2) is 9.71. The Balaban J connectivity index is 1.97. The van der Waals surface area contributed by atoms with Gasteiger partial charge < -0.3 is 10.1 Å². The lowest BCUT2D eigenvalue weighted by atomic mass is 10.0. The molecule has 1 aromatic carbocycles. The first-order valence-electron chi connectivity index (χ1n) is 7.79. The van der Waals surface area contributed by atoms with Gasteiger partial charge in [-0.3, -0.25) is 14.4 Å². The van der Waals surface area contributed by atoms with Crippen molar-refractivity contribution in [2.45, 2.75) is 25.3 Å². The molecule has 0 aliphatic rings. The molecule has 1 amide bonds. The zero-order chi connectivity index (χ0) is 19.1. The SMILES string of the molecule is COC(=O)CC(NC(=O)CCC(=O)c1ccc(Cl)s1)c1ccc(Cl)cc1. The minimum absolute atomic E-state index is 0.0135. The van der Waals surface area contributed by atoms with E-state index < -0.39 is 12.0 Å². The molecule has 0 radical (unpaired) electrons. The fourth-order valence-electron chi connectivity index (χ4n) is 2.28. The van der Waals surface area contributed by atoms with Gasteiger partial charge in [0.15, 0.2) is 5.78 Å². The van der Waals surface area contributed by atoms with Gasteiger partial charge in [0.05, 0.1) is 28.8 Å². The van der Waals surface area contributed by atoms with Crippen molar-refractivity contribution in [3.63, 3.8) is 0 Å². The van der Waals surface area contributed by atoms with Crippen LogP contribution in [0.15, 0.2) is 36.4 Å². The van der Waals surface area contributed by atoms with Crippen molar-refractivity contribution in [1.29, 1.82) is 0 Å². The molecule has 26 heavy (non-hydrogen) atoms. The Morgan fingerprint density at radius 2 is 1.77 bits per heavy atom. The van der Waals surface area contributed by atoms with Crippen molar-refractivity contribution in [3.8, 4) is 0 Å². The molecule has 138 valence electrons. The number of halogens is 2. The van der Waals surface area contributed by atoms with Crippen molar-refractivity contribution in [3.05, 3.63) is 56.2 Å². The molecule has 0 saturated carbocycles. The third-order valence-electron chi connectivity index (χ3n) is 3.63. The van der Waals surface area contributed by atoms with Crippen molar-refractivity contribution >= 4 is 52.2 Å². The van der Waals surface area contributed by atoms with Crippen LogP contribution in [0.2, 0.25) is 9.36 Å². The maximum Gasteiger partial charge on any atom is 0.307 e. The summed E-state index contributed by atoms with van der Waals surface area (Å²) in [4.78, 5) is 36.5. The molecule has 5 nitrogen and oxygen atoms in total. The minimum Gasteiger partial charge on any atom is -0.469 e. The summed E-state index contributed by atoms with van der Waals surface area (Å²) in [6.45, 7) is 0. The lowest BCUT2D eigenvalue weighted by Gasteiger charge is -2.18. The molecule has 0 aliphatic carbocycles. The van der Waals surface area contributed by atoms with Crippen LogP contribution in [0.1, 0.15) is 40.5 Å². The first-order chi connectivity index (χ1) is 12.4. The second-order valence-corrected chi connectivity index (χ2v) is 7.63. The van der Waals surface area contributed by atoms with Crippen LogP contribution in [0.3, 0.4) is 0 Å². The molecule has 8 heteroatoms. The lowest BCUT2D eigenvalue weighted by Crippen LogP contribution is -2.30. The number of thiophene rings is 1. The number of ether oxygens (including phenoxy) is 1. The fraction of sp³-hybridized carbons (Fsp3) is 0.278. The summed E-state index contributed by atoms with van der Waals surface area (Å²) in [6, 6.07) is 9.55. The Bertz CT molecular complexity index is 789. The van der Waals surface area contributed by atoms with Gasteiger partial charge in [-0.05, 0) is 29.8 Å². The molecule has 1 aromatic heterocycles. The Labute approximate surface area is 165 Å². The molecule has 0 saturated heterocycles. The van der Waals surface area contributed by atoms with Crippen molar-refractivity contribution in [2.24, 2.45) is 0 Å². The Morgan fingerprint density at radius 3 is 2.35 bits per heavy atom. The van der Waals surface area contributed by atoms with E-state index in [1.54, 1.807) is 36.4 Å². The molecule has 2 aromatic rings. The summed E-state index contributed by atoms with van der Waals surface area (Å²) >= 11 is 12.9. The zero-order valence-corrected chi connectivity index (χ0v) is 16.3. The number of Topliss-reactive ketones (excluding diaryl/α,β-unsaturated/α-hetero) is 1. The number of hydrogen-bond donors (Lipinski definition) is 1. The third kappa shape index (κ3) is 6.12. The van der Waals surface area contributed by atoms with Crippen LogP contribution in [0.5, 0.6) is 0 Å². The highest BCUT2D eigenvalue weighted by Gasteiger charge is 2.20. The van der Waals surface area contributed by atoms with Gasteiger partial charge in [0.2, 0.25) is 5.91 Å². The van der Waals surface area contributed by atoms with Crippen molar-refractivity contribution in [1.82, 2.24) is 5.32 Å². The highest BCUT2D eigenvalue weighted by atomic mass is 35.5. The first-order valence-corrected chi connectivity index (χ1v) is 9.36. The standard InChI is InChI=1S/C18H17Cl2NO4S/c1-25-18(24)10-13(11-2-4-12(19)5-3-11)21-17(23)9-6-14(22)15-7-8-16(20)26-15/h2-5,7-8,13H,6,9-10H2,1H3,(H,21,23). The third-order valence-corrected chi connectivity index (χ3v) is 5.16. The highest BCUT2D eigenvalue weighted by molar-refractivity contribution is 7.18. The molecule has 0 spiro atoms. The van der Waals surface area contributed by atoms with E-state index in [1.807, 2.05) is 0 Å². The number of hydrogen-bond acceptors (Lipinski definition) is 5. The van der Waals surface area contributed by atoms with Gasteiger partial charge in [-0.25, -0.2) is 0 Å². The zero-order valence-electron chi connectivity index (χ0n) is 14.0. The molecular weight excluding hydrogens is 397 g/mol. The summed E-state index contributed by atoms with van der Waals surface area (Å²) < 4.78 is 5.21. The van der Waals surface area contributed by atoms with Crippen LogP contribution >= 0.6 is 34.5 Å².